The molecule has 20 heavy (non-hydrogen) atoms. The summed E-state index contributed by atoms with van der Waals surface area (Å²) < 4.78 is 16.8. The van der Waals surface area contributed by atoms with E-state index >= 15 is 0 Å². The van der Waals surface area contributed by atoms with Gasteiger partial charge >= 0.3 is 0 Å². The third kappa shape index (κ3) is 3.30. The maximum atomic E-state index is 13.6. The van der Waals surface area contributed by atoms with Crippen LogP contribution >= 0.6 is 15.9 Å². The third-order valence-electron chi connectivity index (χ3n) is 3.63. The summed E-state index contributed by atoms with van der Waals surface area (Å²) in [5.74, 6) is -0.167. The molecule has 2 aromatic rings. The molecule has 0 aliphatic carbocycles. The molecule has 0 saturated carbocycles. The molecule has 108 valence electrons. The van der Waals surface area contributed by atoms with Crippen molar-refractivity contribution >= 4 is 15.9 Å². The Morgan fingerprint density at radius 2 is 1.85 bits per heavy atom. The van der Waals surface area contributed by atoms with Gasteiger partial charge < -0.3 is 9.88 Å². The number of hydrogen-bond donors (Lipinski definition) is 1. The highest BCUT2D eigenvalue weighted by Gasteiger charge is 2.08. The lowest BCUT2D eigenvalue weighted by atomic mass is 10.2. The summed E-state index contributed by atoms with van der Waals surface area (Å²) in [6.07, 6.45) is 0. The first-order chi connectivity index (χ1) is 9.52. The van der Waals surface area contributed by atoms with Crippen LogP contribution in [-0.2, 0) is 19.6 Å². The third-order valence-corrected chi connectivity index (χ3v) is 4.13. The fourth-order valence-electron chi connectivity index (χ4n) is 2.55. The zero-order valence-corrected chi connectivity index (χ0v) is 13.7. The quantitative estimate of drug-likeness (QED) is 0.859. The summed E-state index contributed by atoms with van der Waals surface area (Å²) in [5, 5.41) is 3.32. The van der Waals surface area contributed by atoms with Gasteiger partial charge in [0.2, 0.25) is 0 Å². The molecule has 1 heterocycles. The minimum Gasteiger partial charge on any atom is -0.349 e. The van der Waals surface area contributed by atoms with Crippen molar-refractivity contribution < 1.29 is 4.39 Å². The number of aromatic nitrogens is 1. The van der Waals surface area contributed by atoms with Gasteiger partial charge in [0, 0.05) is 41.1 Å². The van der Waals surface area contributed by atoms with Crippen LogP contribution in [0.15, 0.2) is 28.7 Å². The van der Waals surface area contributed by atoms with Crippen LogP contribution < -0.4 is 5.32 Å². The Labute approximate surface area is 128 Å². The summed E-state index contributed by atoms with van der Waals surface area (Å²) in [6.45, 7) is 8.67. The molecule has 2 nitrogen and oxygen atoms in total. The molecule has 0 aliphatic heterocycles. The molecule has 0 bridgehead atoms. The standard InChI is InChI=1S/C16H20BrFN2/c1-4-20-11(2)7-13(12(20)3)9-19-10-14-8-15(17)5-6-16(14)18/h5-8,19H,4,9-10H2,1-3H3. The molecule has 0 unspecified atom stereocenters. The number of aryl methyl sites for hydroxylation is 1. The minimum absolute atomic E-state index is 0.167. The van der Waals surface area contributed by atoms with Gasteiger partial charge in [-0.1, -0.05) is 15.9 Å². The molecule has 0 spiro atoms. The van der Waals surface area contributed by atoms with Crippen molar-refractivity contribution in [2.24, 2.45) is 0 Å². The molecular weight excluding hydrogens is 319 g/mol. The average molecular weight is 339 g/mol. The lowest BCUT2D eigenvalue weighted by Crippen LogP contribution is -2.14. The van der Waals surface area contributed by atoms with E-state index in [1.807, 2.05) is 6.07 Å². The maximum Gasteiger partial charge on any atom is 0.127 e. The summed E-state index contributed by atoms with van der Waals surface area (Å²) in [7, 11) is 0. The Balaban J connectivity index is 2.01. The van der Waals surface area contributed by atoms with E-state index in [2.05, 4.69) is 52.7 Å². The number of hydrogen-bond acceptors (Lipinski definition) is 1. The fourth-order valence-corrected chi connectivity index (χ4v) is 2.96. The average Bonchev–Trinajstić information content (AvgIpc) is 2.68. The van der Waals surface area contributed by atoms with Crippen LogP contribution in [0, 0.1) is 19.7 Å². The molecule has 2 rings (SSSR count). The van der Waals surface area contributed by atoms with E-state index < -0.39 is 0 Å². The van der Waals surface area contributed by atoms with E-state index in [-0.39, 0.29) is 5.82 Å². The van der Waals surface area contributed by atoms with E-state index in [1.165, 1.54) is 23.0 Å². The zero-order chi connectivity index (χ0) is 14.7. The Kier molecular flexibility index (Phi) is 5.00. The second-order valence-electron chi connectivity index (χ2n) is 4.98. The van der Waals surface area contributed by atoms with Crippen LogP contribution in [0.3, 0.4) is 0 Å². The lowest BCUT2D eigenvalue weighted by molar-refractivity contribution is 0.586. The molecule has 0 saturated heterocycles. The highest BCUT2D eigenvalue weighted by Crippen LogP contribution is 2.17. The second-order valence-corrected chi connectivity index (χ2v) is 5.90. The van der Waals surface area contributed by atoms with Crippen LogP contribution in [0.2, 0.25) is 0 Å². The molecule has 1 N–H and O–H groups in total. The summed E-state index contributed by atoms with van der Waals surface area (Å²) in [4.78, 5) is 0. The van der Waals surface area contributed by atoms with Crippen molar-refractivity contribution in [2.75, 3.05) is 0 Å². The van der Waals surface area contributed by atoms with E-state index in [0.29, 0.717) is 12.1 Å². The number of nitrogens with zero attached hydrogens (tertiary/aromatic N) is 1. The van der Waals surface area contributed by atoms with Gasteiger partial charge in [0.25, 0.3) is 0 Å². The molecule has 1 aromatic heterocycles. The van der Waals surface area contributed by atoms with Gasteiger partial charge in [0.1, 0.15) is 5.82 Å². The smallest absolute Gasteiger partial charge is 0.127 e. The van der Waals surface area contributed by atoms with Crippen LogP contribution in [0.25, 0.3) is 0 Å². The Bertz CT molecular complexity index is 605. The molecule has 1 aromatic carbocycles. The highest BCUT2D eigenvalue weighted by molar-refractivity contribution is 9.10. The molecule has 4 heteroatoms. The summed E-state index contributed by atoms with van der Waals surface area (Å²) in [6, 6.07) is 7.22. The Morgan fingerprint density at radius 1 is 1.15 bits per heavy atom. The van der Waals surface area contributed by atoms with Gasteiger partial charge in [-0.2, -0.15) is 0 Å². The molecule has 0 radical (unpaired) electrons. The molecule has 0 fully saturated rings. The van der Waals surface area contributed by atoms with Crippen molar-refractivity contribution in [3.63, 3.8) is 0 Å². The first kappa shape index (κ1) is 15.3. The van der Waals surface area contributed by atoms with Crippen molar-refractivity contribution in [3.05, 3.63) is 57.1 Å². The van der Waals surface area contributed by atoms with E-state index in [4.69, 9.17) is 0 Å². The normalized spacial score (nSPS) is 11.1. The van der Waals surface area contributed by atoms with Crippen LogP contribution in [0.4, 0.5) is 4.39 Å². The summed E-state index contributed by atoms with van der Waals surface area (Å²) >= 11 is 3.37. The minimum atomic E-state index is -0.167. The van der Waals surface area contributed by atoms with Crippen molar-refractivity contribution in [2.45, 2.75) is 40.4 Å². The van der Waals surface area contributed by atoms with E-state index in [9.17, 15) is 4.39 Å². The maximum absolute atomic E-state index is 13.6. The zero-order valence-electron chi connectivity index (χ0n) is 12.1. The van der Waals surface area contributed by atoms with Gasteiger partial charge in [-0.05, 0) is 50.6 Å². The SMILES string of the molecule is CCn1c(C)cc(CNCc2cc(Br)ccc2F)c1C. The predicted octanol–water partition coefficient (Wildman–Crippen LogP) is 4.32. The van der Waals surface area contributed by atoms with Crippen LogP contribution in [-0.4, -0.2) is 4.57 Å². The van der Waals surface area contributed by atoms with Crippen molar-refractivity contribution in [3.8, 4) is 0 Å². The molecular formula is C16H20BrFN2. The van der Waals surface area contributed by atoms with Gasteiger partial charge in [0.15, 0.2) is 0 Å². The molecule has 0 amide bonds. The van der Waals surface area contributed by atoms with Gasteiger partial charge in [-0.15, -0.1) is 0 Å². The number of nitrogens with one attached hydrogen (secondary N) is 1. The first-order valence-corrected chi connectivity index (χ1v) is 7.62. The summed E-state index contributed by atoms with van der Waals surface area (Å²) in [5.41, 5.74) is 4.52. The molecule has 0 atom stereocenters. The number of benzene rings is 1. The van der Waals surface area contributed by atoms with Crippen molar-refractivity contribution in [1.82, 2.24) is 9.88 Å². The topological polar surface area (TPSA) is 17.0 Å². The van der Waals surface area contributed by atoms with Crippen LogP contribution in [0.5, 0.6) is 0 Å². The second kappa shape index (κ2) is 6.55. The monoisotopic (exact) mass is 338 g/mol. The lowest BCUT2D eigenvalue weighted by Gasteiger charge is -2.08. The van der Waals surface area contributed by atoms with Crippen molar-refractivity contribution in [1.29, 1.82) is 0 Å². The number of halogens is 2. The van der Waals surface area contributed by atoms with Gasteiger partial charge in [-0.3, -0.25) is 0 Å². The highest BCUT2D eigenvalue weighted by atomic mass is 79.9. The van der Waals surface area contributed by atoms with E-state index in [0.717, 1.165) is 17.6 Å². The fraction of sp³-hybridized carbons (Fsp3) is 0.375. The largest absolute Gasteiger partial charge is 0.349 e. The van der Waals surface area contributed by atoms with Crippen LogP contribution in [0.1, 0.15) is 29.4 Å². The van der Waals surface area contributed by atoms with E-state index in [1.54, 1.807) is 6.07 Å². The van der Waals surface area contributed by atoms with Gasteiger partial charge in [-0.25, -0.2) is 4.39 Å². The predicted molar refractivity (Wildman–Crippen MR) is 84.2 cm³/mol. The molecule has 0 aliphatic rings. The van der Waals surface area contributed by atoms with Gasteiger partial charge in [0.05, 0.1) is 0 Å². The first-order valence-electron chi connectivity index (χ1n) is 6.83. The Hall–Kier alpha value is -1.13. The number of rotatable bonds is 5. The Morgan fingerprint density at radius 3 is 2.50 bits per heavy atom.